The van der Waals surface area contributed by atoms with Gasteiger partial charge in [-0.15, -0.1) is 0 Å². The maximum absolute atomic E-state index is 13.2. The third kappa shape index (κ3) is 6.47. The summed E-state index contributed by atoms with van der Waals surface area (Å²) in [4.78, 5) is 22.5. The van der Waals surface area contributed by atoms with Gasteiger partial charge in [-0.3, -0.25) is 4.79 Å². The second-order valence-electron chi connectivity index (χ2n) is 6.72. The third-order valence-corrected chi connectivity index (χ3v) is 3.86. The fourth-order valence-electron chi connectivity index (χ4n) is 1.72. The van der Waals surface area contributed by atoms with Gasteiger partial charge in [-0.05, 0) is 0 Å². The predicted molar refractivity (Wildman–Crippen MR) is 77.5 cm³/mol. The van der Waals surface area contributed by atoms with E-state index in [4.69, 9.17) is 0 Å². The minimum Gasteiger partial charge on any atom is -0.459 e. The molecule has 0 saturated carbocycles. The molecule has 0 saturated heterocycles. The Morgan fingerprint density at radius 2 is 0.811 bits per heavy atom. The summed E-state index contributed by atoms with van der Waals surface area (Å²) in [6.45, 7) is -3.96. The smallest absolute Gasteiger partial charge is 0.459 e. The molecule has 0 aliphatic carbocycles. The highest BCUT2D eigenvalue weighted by molar-refractivity contribution is 5.93. The van der Waals surface area contributed by atoms with Gasteiger partial charge in [0.15, 0.2) is 13.2 Å². The molecule has 37 heavy (non-hydrogen) atoms. The van der Waals surface area contributed by atoms with E-state index in [2.05, 4.69) is 16.1 Å². The van der Waals surface area contributed by atoms with Crippen molar-refractivity contribution in [2.45, 2.75) is 54.3 Å². The Bertz CT molecular complexity index is 869. The summed E-state index contributed by atoms with van der Waals surface area (Å²) in [6, 6.07) is 0. The van der Waals surface area contributed by atoms with Gasteiger partial charge in [-0.25, -0.2) is 4.79 Å². The Morgan fingerprint density at radius 1 is 0.514 bits per heavy atom. The van der Waals surface area contributed by atoms with Gasteiger partial charge >= 0.3 is 59.8 Å². The fraction of sp³-hybridized carbons (Fsp3) is 0.733. The third-order valence-electron chi connectivity index (χ3n) is 3.86. The second kappa shape index (κ2) is 9.95. The number of carbonyl (C=O) groups is 2. The second-order valence-corrected chi connectivity index (χ2v) is 6.72. The first-order valence-corrected chi connectivity index (χ1v) is 8.31. The van der Waals surface area contributed by atoms with Gasteiger partial charge in [-0.1, -0.05) is 6.58 Å². The zero-order valence-corrected chi connectivity index (χ0v) is 16.8. The summed E-state index contributed by atoms with van der Waals surface area (Å²) in [5.41, 5.74) is -1.62. The van der Waals surface area contributed by atoms with Crippen LogP contribution in [0.3, 0.4) is 0 Å². The van der Waals surface area contributed by atoms with E-state index >= 15 is 0 Å². The van der Waals surface area contributed by atoms with Crippen molar-refractivity contribution in [1.82, 2.24) is 0 Å². The fourth-order valence-corrected chi connectivity index (χ4v) is 1.72. The van der Waals surface area contributed by atoms with Crippen molar-refractivity contribution >= 4 is 11.9 Å². The van der Waals surface area contributed by atoms with Gasteiger partial charge < -0.3 is 9.47 Å². The van der Waals surface area contributed by atoms with Gasteiger partial charge in [0, 0.05) is 5.57 Å². The Hall–Kier alpha value is -2.58. The van der Waals surface area contributed by atoms with Gasteiger partial charge in [-0.2, -0.15) is 79.0 Å². The monoisotopic (exact) mass is 594 g/mol. The molecular weight excluding hydrogens is 586 g/mol. The van der Waals surface area contributed by atoms with Crippen molar-refractivity contribution in [3.8, 4) is 0 Å². The molecule has 0 bridgehead atoms. The lowest BCUT2D eigenvalue weighted by Gasteiger charge is -2.33. The van der Waals surface area contributed by atoms with Crippen LogP contribution in [0.4, 0.5) is 79.0 Å². The molecule has 0 aromatic heterocycles. The molecule has 0 unspecified atom stereocenters. The molecule has 0 aliphatic rings. The number of alkyl halides is 18. The van der Waals surface area contributed by atoms with Crippen LogP contribution < -0.4 is 0 Å². The summed E-state index contributed by atoms with van der Waals surface area (Å²) in [5.74, 6) is -46.9. The Morgan fingerprint density at radius 3 is 1.11 bits per heavy atom. The zero-order valence-electron chi connectivity index (χ0n) is 16.8. The van der Waals surface area contributed by atoms with Crippen LogP contribution in [-0.2, 0) is 19.1 Å². The molecule has 0 radical (unpaired) electrons. The van der Waals surface area contributed by atoms with Crippen LogP contribution in [0.5, 0.6) is 0 Å². The van der Waals surface area contributed by atoms with Gasteiger partial charge in [0.25, 0.3) is 0 Å². The summed E-state index contributed by atoms with van der Waals surface area (Å²) in [7, 11) is 0. The molecule has 22 heteroatoms. The molecule has 218 valence electrons. The number of ether oxygens (including phenoxy) is 2. The first-order valence-electron chi connectivity index (χ1n) is 8.31. The molecule has 0 aromatic rings. The van der Waals surface area contributed by atoms with Crippen molar-refractivity contribution in [1.29, 1.82) is 0 Å². The lowest BCUT2D eigenvalue weighted by molar-refractivity contribution is -0.399. The van der Waals surface area contributed by atoms with E-state index in [9.17, 15) is 88.6 Å². The van der Waals surface area contributed by atoms with Crippen molar-refractivity contribution in [2.75, 3.05) is 13.2 Å². The van der Waals surface area contributed by atoms with Crippen LogP contribution >= 0.6 is 0 Å². The van der Waals surface area contributed by atoms with E-state index in [1.54, 1.807) is 0 Å². The minimum absolute atomic E-state index is 1.62. The molecular formula is C15H8F18O4. The average Bonchev–Trinajstić information content (AvgIpc) is 2.68. The van der Waals surface area contributed by atoms with Crippen LogP contribution in [0.2, 0.25) is 0 Å². The standard InChI is InChI=1S/C15H8F18O4/c1-5(7(35)37-4-9(18,19)11(22,23)13(26,27)15(31,32)33)2-6(34)36-3-8(16,17)10(20,21)12(24,25)14(28,29)30/h1-4H2. The van der Waals surface area contributed by atoms with Gasteiger partial charge in [0.1, 0.15) is 0 Å². The van der Waals surface area contributed by atoms with Gasteiger partial charge in [0.05, 0.1) is 6.42 Å². The number of rotatable bonds is 11. The van der Waals surface area contributed by atoms with E-state index in [1.807, 2.05) is 0 Å². The van der Waals surface area contributed by atoms with Gasteiger partial charge in [0.2, 0.25) is 0 Å². The highest BCUT2D eigenvalue weighted by atomic mass is 19.4. The normalized spacial score (nSPS) is 14.9. The Kier molecular flexibility index (Phi) is 9.25. The molecule has 0 aromatic carbocycles. The minimum atomic E-state index is -7.37. The molecule has 4 nitrogen and oxygen atoms in total. The quantitative estimate of drug-likeness (QED) is 0.169. The number of halogens is 18. The summed E-state index contributed by atoms with van der Waals surface area (Å²) in [5, 5.41) is 0. The number of carbonyl (C=O) groups excluding carboxylic acids is 2. The molecule has 0 rings (SSSR count). The lowest BCUT2D eigenvalue weighted by Crippen LogP contribution is -2.62. The van der Waals surface area contributed by atoms with Crippen LogP contribution in [0.15, 0.2) is 12.2 Å². The lowest BCUT2D eigenvalue weighted by atomic mass is 10.0. The van der Waals surface area contributed by atoms with Crippen molar-refractivity contribution in [3.63, 3.8) is 0 Å². The molecule has 0 fully saturated rings. The molecule has 0 spiro atoms. The summed E-state index contributed by atoms with van der Waals surface area (Å²) in [6.07, 6.45) is -16.4. The first kappa shape index (κ1) is 34.4. The van der Waals surface area contributed by atoms with Crippen molar-refractivity contribution in [3.05, 3.63) is 12.2 Å². The van der Waals surface area contributed by atoms with Crippen molar-refractivity contribution in [2.24, 2.45) is 0 Å². The van der Waals surface area contributed by atoms with E-state index in [-0.39, 0.29) is 0 Å². The van der Waals surface area contributed by atoms with Crippen LogP contribution in [-0.4, -0.2) is 73.0 Å². The molecule has 0 N–H and O–H groups in total. The predicted octanol–water partition coefficient (Wildman–Crippen LogP) is 5.96. The number of esters is 2. The van der Waals surface area contributed by atoms with E-state index < -0.39 is 85.0 Å². The largest absolute Gasteiger partial charge is 0.460 e. The van der Waals surface area contributed by atoms with Crippen molar-refractivity contribution < 1.29 is 98.1 Å². The van der Waals surface area contributed by atoms with E-state index in [0.29, 0.717) is 0 Å². The summed E-state index contributed by atoms with van der Waals surface area (Å²) < 4.78 is 234. The van der Waals surface area contributed by atoms with Crippen LogP contribution in [0.1, 0.15) is 6.42 Å². The first-order chi connectivity index (χ1) is 15.9. The van der Waals surface area contributed by atoms with E-state index in [0.717, 1.165) is 0 Å². The summed E-state index contributed by atoms with van der Waals surface area (Å²) >= 11 is 0. The highest BCUT2D eigenvalue weighted by Gasteiger charge is 2.83. The SMILES string of the molecule is C=C(CC(=O)OCC(F)(F)C(F)(F)C(F)(F)C(F)(F)F)C(=O)OCC(F)(F)C(F)(F)C(F)(F)C(F)(F)F. The van der Waals surface area contributed by atoms with E-state index in [1.165, 1.54) is 0 Å². The maximum Gasteiger partial charge on any atom is 0.460 e. The van der Waals surface area contributed by atoms with Crippen LogP contribution in [0, 0.1) is 0 Å². The molecule has 0 aliphatic heterocycles. The Balaban J connectivity index is 5.25. The number of hydrogen-bond donors (Lipinski definition) is 0. The Labute approximate surface area is 191 Å². The highest BCUT2D eigenvalue weighted by Crippen LogP contribution is 2.54. The average molecular weight is 594 g/mol. The van der Waals surface area contributed by atoms with Crippen LogP contribution in [0.25, 0.3) is 0 Å². The molecule has 0 heterocycles. The maximum atomic E-state index is 13.2. The molecule has 0 atom stereocenters. The topological polar surface area (TPSA) is 52.6 Å². The molecule has 0 amide bonds. The number of hydrogen-bond acceptors (Lipinski definition) is 4. The zero-order chi connectivity index (χ0) is 30.3.